The first-order valence-corrected chi connectivity index (χ1v) is 9.32. The molecule has 7 heteroatoms. The molecule has 0 aliphatic carbocycles. The SMILES string of the molecule is COc1cc(F)c(-c2nc3cccc(C)n3c2Nc2c(C)cccc2Cl)c(F)c1. The number of nitrogens with one attached hydrogen (secondary N) is 1. The van der Waals surface area contributed by atoms with Crippen LogP contribution in [0.2, 0.25) is 5.02 Å². The van der Waals surface area contributed by atoms with Crippen LogP contribution in [0.3, 0.4) is 0 Å². The molecule has 0 saturated heterocycles. The van der Waals surface area contributed by atoms with E-state index in [1.54, 1.807) is 16.5 Å². The molecule has 0 aliphatic heterocycles. The van der Waals surface area contributed by atoms with Crippen molar-refractivity contribution in [1.82, 2.24) is 9.38 Å². The summed E-state index contributed by atoms with van der Waals surface area (Å²) in [5.41, 5.74) is 2.86. The third-order valence-corrected chi connectivity index (χ3v) is 5.11. The summed E-state index contributed by atoms with van der Waals surface area (Å²) in [5, 5.41) is 3.75. The lowest BCUT2D eigenvalue weighted by atomic mass is 10.1. The maximum absolute atomic E-state index is 14.9. The van der Waals surface area contributed by atoms with Gasteiger partial charge in [-0.1, -0.05) is 29.8 Å². The van der Waals surface area contributed by atoms with Crippen LogP contribution in [-0.4, -0.2) is 16.5 Å². The molecular formula is C22H18ClF2N3O. The number of methoxy groups -OCH3 is 1. The number of aromatic nitrogens is 2. The van der Waals surface area contributed by atoms with Gasteiger partial charge in [0.05, 0.1) is 23.4 Å². The number of ether oxygens (including phenoxy) is 1. The lowest BCUT2D eigenvalue weighted by molar-refractivity contribution is 0.407. The fraction of sp³-hybridized carbons (Fsp3) is 0.136. The van der Waals surface area contributed by atoms with E-state index in [1.807, 2.05) is 38.1 Å². The minimum atomic E-state index is -0.762. The number of imidazole rings is 1. The number of hydrogen-bond donors (Lipinski definition) is 1. The fourth-order valence-corrected chi connectivity index (χ4v) is 3.62. The Kier molecular flexibility index (Phi) is 4.88. The van der Waals surface area contributed by atoms with Crippen molar-refractivity contribution in [3.05, 3.63) is 76.4 Å². The third kappa shape index (κ3) is 3.29. The summed E-state index contributed by atoms with van der Waals surface area (Å²) in [6, 6.07) is 13.3. The number of para-hydroxylation sites is 1. The zero-order valence-electron chi connectivity index (χ0n) is 16.1. The molecule has 2 heterocycles. The van der Waals surface area contributed by atoms with Crippen LogP contribution < -0.4 is 10.1 Å². The zero-order valence-corrected chi connectivity index (χ0v) is 16.8. The molecule has 0 spiro atoms. The molecule has 0 unspecified atom stereocenters. The highest BCUT2D eigenvalue weighted by Crippen LogP contribution is 2.38. The minimum absolute atomic E-state index is 0.0974. The number of pyridine rings is 1. The van der Waals surface area contributed by atoms with Crippen molar-refractivity contribution in [2.45, 2.75) is 13.8 Å². The second kappa shape index (κ2) is 7.37. The molecule has 4 nitrogen and oxygen atoms in total. The summed E-state index contributed by atoms with van der Waals surface area (Å²) >= 11 is 6.38. The number of rotatable bonds is 4. The number of fused-ring (bicyclic) bond motifs is 1. The van der Waals surface area contributed by atoms with Crippen molar-refractivity contribution in [3.63, 3.8) is 0 Å². The van der Waals surface area contributed by atoms with Crippen molar-refractivity contribution in [1.29, 1.82) is 0 Å². The Morgan fingerprint density at radius 3 is 2.38 bits per heavy atom. The molecule has 1 N–H and O–H groups in total. The summed E-state index contributed by atoms with van der Waals surface area (Å²) < 4.78 is 36.5. The van der Waals surface area contributed by atoms with Crippen LogP contribution in [0.15, 0.2) is 48.5 Å². The van der Waals surface area contributed by atoms with E-state index in [1.165, 1.54) is 7.11 Å². The normalized spacial score (nSPS) is 11.1. The standard InChI is InChI=1S/C22H18ClF2N3O/c1-12-6-4-8-15(23)20(12)27-22-21(26-18-9-5-7-13(2)28(18)22)19-16(24)10-14(29-3)11-17(19)25/h4-11,27H,1-3H3. The van der Waals surface area contributed by atoms with Gasteiger partial charge in [0.2, 0.25) is 0 Å². The van der Waals surface area contributed by atoms with Crippen LogP contribution in [-0.2, 0) is 0 Å². The summed E-state index contributed by atoms with van der Waals surface area (Å²) in [4.78, 5) is 4.51. The molecule has 0 fully saturated rings. The van der Waals surface area contributed by atoms with Crippen LogP contribution >= 0.6 is 11.6 Å². The molecule has 0 radical (unpaired) electrons. The summed E-state index contributed by atoms with van der Waals surface area (Å²) in [7, 11) is 1.36. The van der Waals surface area contributed by atoms with Gasteiger partial charge in [-0.25, -0.2) is 13.8 Å². The van der Waals surface area contributed by atoms with E-state index < -0.39 is 11.6 Å². The Labute approximate surface area is 171 Å². The van der Waals surface area contributed by atoms with E-state index in [-0.39, 0.29) is 17.0 Å². The second-order valence-corrected chi connectivity index (χ2v) is 7.10. The highest BCUT2D eigenvalue weighted by Gasteiger charge is 2.23. The zero-order chi connectivity index (χ0) is 20.7. The van der Waals surface area contributed by atoms with Gasteiger partial charge in [0, 0.05) is 17.8 Å². The van der Waals surface area contributed by atoms with Crippen molar-refractivity contribution >= 4 is 28.8 Å². The molecule has 0 saturated carbocycles. The molecule has 4 aromatic rings. The second-order valence-electron chi connectivity index (χ2n) is 6.69. The maximum atomic E-state index is 14.9. The Bertz CT molecular complexity index is 1190. The van der Waals surface area contributed by atoms with Gasteiger partial charge in [0.25, 0.3) is 0 Å². The molecule has 0 amide bonds. The summed E-state index contributed by atoms with van der Waals surface area (Å²) in [6.45, 7) is 3.79. The van der Waals surface area contributed by atoms with E-state index in [9.17, 15) is 8.78 Å². The largest absolute Gasteiger partial charge is 0.497 e. The number of benzene rings is 2. The summed E-state index contributed by atoms with van der Waals surface area (Å²) in [5.74, 6) is -0.999. The van der Waals surface area contributed by atoms with Crippen molar-refractivity contribution in [2.24, 2.45) is 0 Å². The van der Waals surface area contributed by atoms with Crippen LogP contribution in [0.4, 0.5) is 20.3 Å². The predicted octanol–water partition coefficient (Wildman–Crippen LogP) is 6.30. The van der Waals surface area contributed by atoms with Crippen LogP contribution in [0, 0.1) is 25.5 Å². The Morgan fingerprint density at radius 1 is 1.03 bits per heavy atom. The van der Waals surface area contributed by atoms with E-state index in [0.717, 1.165) is 23.4 Å². The smallest absolute Gasteiger partial charge is 0.143 e. The third-order valence-electron chi connectivity index (χ3n) is 4.79. The highest BCUT2D eigenvalue weighted by atomic mass is 35.5. The lowest BCUT2D eigenvalue weighted by Crippen LogP contribution is -2.02. The molecule has 2 aromatic carbocycles. The predicted molar refractivity (Wildman–Crippen MR) is 111 cm³/mol. The van der Waals surface area contributed by atoms with Gasteiger partial charge in [-0.05, 0) is 37.6 Å². The quantitative estimate of drug-likeness (QED) is 0.426. The van der Waals surface area contributed by atoms with E-state index in [4.69, 9.17) is 16.3 Å². The first-order chi connectivity index (χ1) is 13.9. The summed E-state index contributed by atoms with van der Waals surface area (Å²) in [6.07, 6.45) is 0. The molecule has 0 aliphatic rings. The van der Waals surface area contributed by atoms with Crippen LogP contribution in [0.25, 0.3) is 16.9 Å². The molecule has 0 atom stereocenters. The number of halogens is 3. The Hall–Kier alpha value is -3.12. The number of nitrogens with zero attached hydrogens (tertiary/aromatic N) is 2. The molecular weight excluding hydrogens is 396 g/mol. The van der Waals surface area contributed by atoms with Crippen LogP contribution in [0.1, 0.15) is 11.3 Å². The van der Waals surface area contributed by atoms with E-state index >= 15 is 0 Å². The molecule has 4 rings (SSSR count). The van der Waals surface area contributed by atoms with Crippen molar-refractivity contribution < 1.29 is 13.5 Å². The average molecular weight is 414 g/mol. The van der Waals surface area contributed by atoms with Gasteiger partial charge in [0.1, 0.15) is 34.5 Å². The van der Waals surface area contributed by atoms with Gasteiger partial charge in [-0.3, -0.25) is 4.40 Å². The minimum Gasteiger partial charge on any atom is -0.497 e. The van der Waals surface area contributed by atoms with Gasteiger partial charge in [-0.15, -0.1) is 0 Å². The molecule has 29 heavy (non-hydrogen) atoms. The van der Waals surface area contributed by atoms with Crippen LogP contribution in [0.5, 0.6) is 5.75 Å². The monoisotopic (exact) mass is 413 g/mol. The van der Waals surface area contributed by atoms with E-state index in [0.29, 0.717) is 22.2 Å². The van der Waals surface area contributed by atoms with Gasteiger partial charge in [-0.2, -0.15) is 0 Å². The fourth-order valence-electron chi connectivity index (χ4n) is 3.35. The number of anilines is 2. The Balaban J connectivity index is 2.01. The van der Waals surface area contributed by atoms with E-state index in [2.05, 4.69) is 10.3 Å². The maximum Gasteiger partial charge on any atom is 0.143 e. The lowest BCUT2D eigenvalue weighted by Gasteiger charge is -2.15. The van der Waals surface area contributed by atoms with Crippen molar-refractivity contribution in [2.75, 3.05) is 12.4 Å². The number of hydrogen-bond acceptors (Lipinski definition) is 3. The molecule has 148 valence electrons. The number of aryl methyl sites for hydroxylation is 2. The van der Waals surface area contributed by atoms with Gasteiger partial charge >= 0.3 is 0 Å². The van der Waals surface area contributed by atoms with Crippen molar-refractivity contribution in [3.8, 4) is 17.0 Å². The van der Waals surface area contributed by atoms with Gasteiger partial charge in [0.15, 0.2) is 0 Å². The first kappa shape index (κ1) is 19.2. The average Bonchev–Trinajstić information content (AvgIpc) is 3.03. The molecule has 0 bridgehead atoms. The molecule has 2 aromatic heterocycles. The first-order valence-electron chi connectivity index (χ1n) is 8.94. The Morgan fingerprint density at radius 2 is 1.72 bits per heavy atom. The highest BCUT2D eigenvalue weighted by molar-refractivity contribution is 6.33. The topological polar surface area (TPSA) is 38.6 Å². The van der Waals surface area contributed by atoms with Gasteiger partial charge < -0.3 is 10.1 Å².